The highest BCUT2D eigenvalue weighted by Crippen LogP contribution is 2.31. The molecule has 2 aromatic rings. The maximum Gasteiger partial charge on any atom is 0.416 e. The second kappa shape index (κ2) is 6.20. The molecule has 0 aliphatic heterocycles. The lowest BCUT2D eigenvalue weighted by Gasteiger charge is -2.16. The van der Waals surface area contributed by atoms with Gasteiger partial charge >= 0.3 is 6.18 Å². The number of rotatable bonds is 3. The van der Waals surface area contributed by atoms with Gasteiger partial charge in [-0.15, -0.1) is 0 Å². The average Bonchev–Trinajstić information content (AvgIpc) is 2.41. The lowest BCUT2D eigenvalue weighted by molar-refractivity contribution is -0.137. The van der Waals surface area contributed by atoms with Gasteiger partial charge in [-0.25, -0.2) is 0 Å². The van der Waals surface area contributed by atoms with Crippen molar-refractivity contribution in [2.24, 2.45) is 5.73 Å². The number of alkyl halides is 3. The Kier molecular flexibility index (Phi) is 4.74. The number of hydrogen-bond acceptors (Lipinski definition) is 1. The highest BCUT2D eigenvalue weighted by atomic mass is 79.9. The van der Waals surface area contributed by atoms with Crippen LogP contribution in [0.3, 0.4) is 0 Å². The summed E-state index contributed by atoms with van der Waals surface area (Å²) in [5.74, 6) is 0. The maximum atomic E-state index is 12.7. The third kappa shape index (κ3) is 3.86. The summed E-state index contributed by atoms with van der Waals surface area (Å²) in [5.41, 5.74) is 8.04. The van der Waals surface area contributed by atoms with Crippen LogP contribution in [-0.4, -0.2) is 0 Å². The molecular formula is C16H15BrF3N. The Morgan fingerprint density at radius 3 is 2.48 bits per heavy atom. The van der Waals surface area contributed by atoms with Crippen LogP contribution < -0.4 is 5.73 Å². The van der Waals surface area contributed by atoms with Crippen molar-refractivity contribution < 1.29 is 13.2 Å². The highest BCUT2D eigenvalue weighted by molar-refractivity contribution is 9.10. The Bertz CT molecular complexity index is 638. The van der Waals surface area contributed by atoms with E-state index in [1.807, 2.05) is 25.1 Å². The van der Waals surface area contributed by atoms with Gasteiger partial charge in [0, 0.05) is 10.5 Å². The molecule has 2 aromatic carbocycles. The minimum Gasteiger partial charge on any atom is -0.324 e. The molecule has 1 atom stereocenters. The van der Waals surface area contributed by atoms with Gasteiger partial charge in [0.15, 0.2) is 0 Å². The van der Waals surface area contributed by atoms with Crippen LogP contribution >= 0.6 is 15.9 Å². The van der Waals surface area contributed by atoms with Crippen molar-refractivity contribution in [1.82, 2.24) is 0 Å². The Morgan fingerprint density at radius 1 is 1.14 bits per heavy atom. The van der Waals surface area contributed by atoms with Gasteiger partial charge < -0.3 is 5.73 Å². The fourth-order valence-corrected chi connectivity index (χ4v) is 2.65. The predicted octanol–water partition coefficient (Wildman–Crippen LogP) is 5.02. The van der Waals surface area contributed by atoms with Crippen molar-refractivity contribution in [1.29, 1.82) is 0 Å². The smallest absolute Gasteiger partial charge is 0.324 e. The van der Waals surface area contributed by atoms with E-state index in [-0.39, 0.29) is 6.04 Å². The van der Waals surface area contributed by atoms with Crippen molar-refractivity contribution >= 4 is 15.9 Å². The molecule has 0 saturated heterocycles. The zero-order valence-electron chi connectivity index (χ0n) is 11.4. The first-order valence-electron chi connectivity index (χ1n) is 6.46. The third-order valence-corrected chi connectivity index (χ3v) is 4.28. The summed E-state index contributed by atoms with van der Waals surface area (Å²) in [4.78, 5) is 0. The summed E-state index contributed by atoms with van der Waals surface area (Å²) in [6.45, 7) is 1.94. The second-order valence-corrected chi connectivity index (χ2v) is 5.82. The Balaban J connectivity index is 2.24. The van der Waals surface area contributed by atoms with E-state index in [1.54, 1.807) is 6.07 Å². The molecule has 0 heterocycles. The van der Waals surface area contributed by atoms with E-state index in [4.69, 9.17) is 5.73 Å². The molecule has 0 aromatic heterocycles. The van der Waals surface area contributed by atoms with Crippen molar-refractivity contribution in [2.75, 3.05) is 0 Å². The highest BCUT2D eigenvalue weighted by Gasteiger charge is 2.30. The number of hydrogen-bond donors (Lipinski definition) is 1. The molecule has 0 aliphatic rings. The van der Waals surface area contributed by atoms with Crippen LogP contribution in [0.1, 0.15) is 28.3 Å². The van der Waals surface area contributed by atoms with Crippen LogP contribution in [0.5, 0.6) is 0 Å². The van der Waals surface area contributed by atoms with Gasteiger partial charge in [0.2, 0.25) is 0 Å². The zero-order valence-corrected chi connectivity index (χ0v) is 13.0. The standard InChI is InChI=1S/C16H15BrF3N/c1-10-13(6-3-7-14(10)17)15(21)9-11-4-2-5-12(8-11)16(18,19)20/h2-8,15H,9,21H2,1H3. The van der Waals surface area contributed by atoms with E-state index in [1.165, 1.54) is 6.07 Å². The van der Waals surface area contributed by atoms with Crippen LogP contribution in [0.2, 0.25) is 0 Å². The third-order valence-electron chi connectivity index (χ3n) is 3.42. The van der Waals surface area contributed by atoms with Gasteiger partial charge in [-0.2, -0.15) is 13.2 Å². The molecule has 0 aliphatic carbocycles. The van der Waals surface area contributed by atoms with Crippen LogP contribution in [0.25, 0.3) is 0 Å². The quantitative estimate of drug-likeness (QED) is 0.819. The van der Waals surface area contributed by atoms with E-state index in [0.717, 1.165) is 27.7 Å². The molecule has 112 valence electrons. The molecule has 21 heavy (non-hydrogen) atoms. The van der Waals surface area contributed by atoms with E-state index in [9.17, 15) is 13.2 Å². The fraction of sp³-hybridized carbons (Fsp3) is 0.250. The number of halogens is 4. The molecule has 0 saturated carbocycles. The van der Waals surface area contributed by atoms with Crippen LogP contribution in [0.15, 0.2) is 46.9 Å². The first-order chi connectivity index (χ1) is 9.79. The van der Waals surface area contributed by atoms with Crippen molar-refractivity contribution in [2.45, 2.75) is 25.6 Å². The summed E-state index contributed by atoms with van der Waals surface area (Å²) in [7, 11) is 0. The van der Waals surface area contributed by atoms with E-state index in [2.05, 4.69) is 15.9 Å². The van der Waals surface area contributed by atoms with Crippen LogP contribution in [-0.2, 0) is 12.6 Å². The number of nitrogens with two attached hydrogens (primary N) is 1. The van der Waals surface area contributed by atoms with Crippen LogP contribution in [0, 0.1) is 6.92 Å². The summed E-state index contributed by atoms with van der Waals surface area (Å²) in [5, 5.41) is 0. The molecule has 0 bridgehead atoms. The summed E-state index contributed by atoms with van der Waals surface area (Å²) in [6, 6.07) is 10.7. The maximum absolute atomic E-state index is 12.7. The lowest BCUT2D eigenvalue weighted by Crippen LogP contribution is -2.15. The second-order valence-electron chi connectivity index (χ2n) is 4.96. The molecule has 0 fully saturated rings. The van der Waals surface area contributed by atoms with Gasteiger partial charge in [0.05, 0.1) is 5.56 Å². The first kappa shape index (κ1) is 16.0. The van der Waals surface area contributed by atoms with Gasteiger partial charge in [-0.1, -0.05) is 46.3 Å². The monoisotopic (exact) mass is 357 g/mol. The molecule has 0 spiro atoms. The SMILES string of the molecule is Cc1c(Br)cccc1C(N)Cc1cccc(C(F)(F)F)c1. The largest absolute Gasteiger partial charge is 0.416 e. The molecule has 5 heteroatoms. The van der Waals surface area contributed by atoms with Gasteiger partial charge in [0.1, 0.15) is 0 Å². The van der Waals surface area contributed by atoms with Gasteiger partial charge in [-0.3, -0.25) is 0 Å². The van der Waals surface area contributed by atoms with E-state index >= 15 is 0 Å². The summed E-state index contributed by atoms with van der Waals surface area (Å²) < 4.78 is 39.1. The first-order valence-corrected chi connectivity index (χ1v) is 7.25. The molecular weight excluding hydrogens is 343 g/mol. The van der Waals surface area contributed by atoms with Gasteiger partial charge in [-0.05, 0) is 42.2 Å². The molecule has 2 rings (SSSR count). The molecule has 1 unspecified atom stereocenters. The number of benzene rings is 2. The topological polar surface area (TPSA) is 26.0 Å². The Labute approximate surface area is 130 Å². The van der Waals surface area contributed by atoms with Gasteiger partial charge in [0.25, 0.3) is 0 Å². The van der Waals surface area contributed by atoms with Crippen LogP contribution in [0.4, 0.5) is 13.2 Å². The summed E-state index contributed by atoms with van der Waals surface area (Å²) >= 11 is 3.43. The molecule has 0 radical (unpaired) electrons. The average molecular weight is 358 g/mol. The normalized spacial score (nSPS) is 13.2. The Morgan fingerprint density at radius 2 is 1.81 bits per heavy atom. The minimum atomic E-state index is -4.33. The van der Waals surface area contributed by atoms with Crippen molar-refractivity contribution in [3.8, 4) is 0 Å². The fourth-order valence-electron chi connectivity index (χ4n) is 2.26. The molecule has 2 N–H and O–H groups in total. The Hall–Kier alpha value is -1.33. The van der Waals surface area contributed by atoms with Crippen molar-refractivity contribution in [3.05, 3.63) is 69.2 Å². The summed E-state index contributed by atoms with van der Waals surface area (Å²) in [6.07, 6.45) is -3.97. The van der Waals surface area contributed by atoms with E-state index < -0.39 is 11.7 Å². The lowest BCUT2D eigenvalue weighted by atomic mass is 9.95. The zero-order chi connectivity index (χ0) is 15.6. The molecule has 1 nitrogen and oxygen atoms in total. The van der Waals surface area contributed by atoms with Crippen molar-refractivity contribution in [3.63, 3.8) is 0 Å². The predicted molar refractivity (Wildman–Crippen MR) is 81.0 cm³/mol. The minimum absolute atomic E-state index is 0.342. The van der Waals surface area contributed by atoms with E-state index in [0.29, 0.717) is 12.0 Å². The molecule has 0 amide bonds.